The lowest BCUT2D eigenvalue weighted by Crippen LogP contribution is -2.49. The Kier molecular flexibility index (Phi) is 4.86. The van der Waals surface area contributed by atoms with Gasteiger partial charge in [0, 0.05) is 0 Å². The second kappa shape index (κ2) is 5.16. The van der Waals surface area contributed by atoms with E-state index in [9.17, 15) is 9.59 Å². The first-order valence-corrected chi connectivity index (χ1v) is 4.02. The molecule has 0 aliphatic carbocycles. The van der Waals surface area contributed by atoms with Gasteiger partial charge in [-0.25, -0.2) is 0 Å². The molecule has 82 valence electrons. The van der Waals surface area contributed by atoms with Crippen molar-refractivity contribution in [3.05, 3.63) is 0 Å². The lowest BCUT2D eigenvalue weighted by molar-refractivity contribution is -0.151. The van der Waals surface area contributed by atoms with Crippen LogP contribution in [0.4, 0.5) is 0 Å². The van der Waals surface area contributed by atoms with Crippen molar-refractivity contribution in [1.29, 1.82) is 0 Å². The van der Waals surface area contributed by atoms with Crippen LogP contribution in [-0.4, -0.2) is 56.4 Å². The molecule has 0 rings (SSSR count). The summed E-state index contributed by atoms with van der Waals surface area (Å²) in [6.07, 6.45) is -7.35. The zero-order valence-electron chi connectivity index (χ0n) is 7.91. The van der Waals surface area contributed by atoms with Gasteiger partial charge < -0.3 is 20.4 Å². The Hall–Kier alpha value is -0.820. The van der Waals surface area contributed by atoms with Gasteiger partial charge in [0.2, 0.25) is 0 Å². The van der Waals surface area contributed by atoms with Crippen molar-refractivity contribution in [3.8, 4) is 0 Å². The number of rotatable bonds is 5. The number of hydrogen-bond acceptors (Lipinski definition) is 6. The topological polar surface area (TPSA) is 115 Å². The SMILES string of the molecule is CC(=O)[C@@H](O)[C@@H](O)[C@H](O)[C@@H](O)C(C)=O. The maximum atomic E-state index is 10.6. The molecule has 4 N–H and O–H groups in total. The molecule has 0 saturated carbocycles. The largest absolute Gasteiger partial charge is 0.387 e. The first-order chi connectivity index (χ1) is 6.29. The molecule has 0 fully saturated rings. The molecule has 0 unspecified atom stereocenters. The number of carbonyl (C=O) groups excluding carboxylic acids is 2. The van der Waals surface area contributed by atoms with Gasteiger partial charge in [-0.3, -0.25) is 9.59 Å². The van der Waals surface area contributed by atoms with Crippen LogP contribution in [0.3, 0.4) is 0 Å². The van der Waals surface area contributed by atoms with Gasteiger partial charge in [-0.05, 0) is 13.8 Å². The molecule has 4 atom stereocenters. The van der Waals surface area contributed by atoms with Crippen LogP contribution in [0, 0.1) is 0 Å². The summed E-state index contributed by atoms with van der Waals surface area (Å²) in [7, 11) is 0. The van der Waals surface area contributed by atoms with Crippen LogP contribution in [-0.2, 0) is 9.59 Å². The number of aliphatic hydroxyl groups is 4. The van der Waals surface area contributed by atoms with Crippen molar-refractivity contribution in [2.75, 3.05) is 0 Å². The zero-order valence-corrected chi connectivity index (χ0v) is 7.91. The van der Waals surface area contributed by atoms with Crippen molar-refractivity contribution >= 4 is 11.6 Å². The molecular weight excluding hydrogens is 192 g/mol. The zero-order chi connectivity index (χ0) is 11.5. The van der Waals surface area contributed by atoms with Crippen LogP contribution in [0.1, 0.15) is 13.8 Å². The van der Waals surface area contributed by atoms with Gasteiger partial charge >= 0.3 is 0 Å². The number of aliphatic hydroxyl groups excluding tert-OH is 4. The van der Waals surface area contributed by atoms with Crippen molar-refractivity contribution < 1.29 is 30.0 Å². The first-order valence-electron chi connectivity index (χ1n) is 4.02. The Bertz CT molecular complexity index is 202. The maximum Gasteiger partial charge on any atom is 0.160 e. The van der Waals surface area contributed by atoms with Crippen molar-refractivity contribution in [2.24, 2.45) is 0 Å². The van der Waals surface area contributed by atoms with Gasteiger partial charge in [0.1, 0.15) is 24.4 Å². The molecule has 6 nitrogen and oxygen atoms in total. The Morgan fingerprint density at radius 3 is 1.14 bits per heavy atom. The Morgan fingerprint density at radius 2 is 1.00 bits per heavy atom. The van der Waals surface area contributed by atoms with E-state index in [1.807, 2.05) is 0 Å². The van der Waals surface area contributed by atoms with Gasteiger partial charge in [-0.1, -0.05) is 0 Å². The summed E-state index contributed by atoms with van der Waals surface area (Å²) >= 11 is 0. The summed E-state index contributed by atoms with van der Waals surface area (Å²) in [5.74, 6) is -1.51. The van der Waals surface area contributed by atoms with E-state index in [0.717, 1.165) is 13.8 Å². The van der Waals surface area contributed by atoms with E-state index >= 15 is 0 Å². The summed E-state index contributed by atoms with van der Waals surface area (Å²) < 4.78 is 0. The lowest BCUT2D eigenvalue weighted by Gasteiger charge is -2.23. The monoisotopic (exact) mass is 206 g/mol. The van der Waals surface area contributed by atoms with Crippen molar-refractivity contribution in [2.45, 2.75) is 38.3 Å². The minimum atomic E-state index is -1.87. The molecule has 0 aliphatic heterocycles. The highest BCUT2D eigenvalue weighted by Crippen LogP contribution is 2.06. The van der Waals surface area contributed by atoms with Gasteiger partial charge in [0.25, 0.3) is 0 Å². The summed E-state index contributed by atoms with van der Waals surface area (Å²) in [4.78, 5) is 21.2. The van der Waals surface area contributed by atoms with Crippen molar-refractivity contribution in [3.63, 3.8) is 0 Å². The molecule has 0 aromatic carbocycles. The normalized spacial score (nSPS) is 19.6. The molecule has 14 heavy (non-hydrogen) atoms. The predicted molar refractivity (Wildman–Crippen MR) is 45.4 cm³/mol. The highest BCUT2D eigenvalue weighted by molar-refractivity contribution is 5.82. The highest BCUT2D eigenvalue weighted by atomic mass is 16.4. The van der Waals surface area contributed by atoms with E-state index in [-0.39, 0.29) is 0 Å². The first kappa shape index (κ1) is 13.2. The standard InChI is InChI=1S/C8H14O6/c1-3(9)5(11)7(13)8(14)6(12)4(2)10/h5-8,11-14H,1-2H3/t5-,6+,7-,8-/m1/s1. The number of hydrogen-bond donors (Lipinski definition) is 4. The Labute approximate surface area is 80.8 Å². The second-order valence-electron chi connectivity index (χ2n) is 3.09. The number of Topliss-reactive ketones (excluding diaryl/α,β-unsaturated/α-hetero) is 2. The van der Waals surface area contributed by atoms with Crippen LogP contribution < -0.4 is 0 Å². The van der Waals surface area contributed by atoms with E-state index in [0.29, 0.717) is 0 Å². The van der Waals surface area contributed by atoms with Crippen LogP contribution in [0.15, 0.2) is 0 Å². The molecule has 0 bridgehead atoms. The van der Waals surface area contributed by atoms with Gasteiger partial charge in [0.15, 0.2) is 11.6 Å². The summed E-state index contributed by atoms with van der Waals surface area (Å²) in [6, 6.07) is 0. The fraction of sp³-hybridized carbons (Fsp3) is 0.750. The van der Waals surface area contributed by atoms with E-state index in [1.165, 1.54) is 0 Å². The van der Waals surface area contributed by atoms with E-state index < -0.39 is 36.0 Å². The number of ketones is 2. The fourth-order valence-corrected chi connectivity index (χ4v) is 0.854. The molecule has 6 heteroatoms. The minimum Gasteiger partial charge on any atom is -0.387 e. The quantitative estimate of drug-likeness (QED) is 0.399. The highest BCUT2D eigenvalue weighted by Gasteiger charge is 2.34. The van der Waals surface area contributed by atoms with Crippen LogP contribution in [0.25, 0.3) is 0 Å². The summed E-state index contributed by atoms with van der Waals surface area (Å²) in [5, 5.41) is 36.3. The second-order valence-corrected chi connectivity index (χ2v) is 3.09. The summed E-state index contributed by atoms with van der Waals surface area (Å²) in [6.45, 7) is 2.03. The minimum absolute atomic E-state index is 0.757. The molecule has 0 heterocycles. The van der Waals surface area contributed by atoms with Gasteiger partial charge in [-0.15, -0.1) is 0 Å². The maximum absolute atomic E-state index is 10.6. The molecular formula is C8H14O6. The molecule has 0 aromatic heterocycles. The third-order valence-electron chi connectivity index (χ3n) is 1.83. The van der Waals surface area contributed by atoms with E-state index in [4.69, 9.17) is 20.4 Å². The van der Waals surface area contributed by atoms with Crippen LogP contribution in [0.5, 0.6) is 0 Å². The predicted octanol–water partition coefficient (Wildman–Crippen LogP) is -2.39. The van der Waals surface area contributed by atoms with Crippen molar-refractivity contribution in [1.82, 2.24) is 0 Å². The average molecular weight is 206 g/mol. The van der Waals surface area contributed by atoms with Gasteiger partial charge in [-0.2, -0.15) is 0 Å². The Balaban J connectivity index is 4.45. The van der Waals surface area contributed by atoms with E-state index in [2.05, 4.69) is 0 Å². The van der Waals surface area contributed by atoms with Gasteiger partial charge in [0.05, 0.1) is 0 Å². The molecule has 0 radical (unpaired) electrons. The fourth-order valence-electron chi connectivity index (χ4n) is 0.854. The third-order valence-corrected chi connectivity index (χ3v) is 1.83. The van der Waals surface area contributed by atoms with E-state index in [1.54, 1.807) is 0 Å². The number of carbonyl (C=O) groups is 2. The molecule has 0 aromatic rings. The third kappa shape index (κ3) is 3.15. The Morgan fingerprint density at radius 1 is 0.786 bits per heavy atom. The van der Waals surface area contributed by atoms with Crippen LogP contribution >= 0.6 is 0 Å². The molecule has 0 amide bonds. The van der Waals surface area contributed by atoms with Crippen LogP contribution in [0.2, 0.25) is 0 Å². The smallest absolute Gasteiger partial charge is 0.160 e. The molecule has 0 saturated heterocycles. The lowest BCUT2D eigenvalue weighted by atomic mass is 9.99. The average Bonchev–Trinajstić information content (AvgIpc) is 2.12. The summed E-state index contributed by atoms with van der Waals surface area (Å²) in [5.41, 5.74) is 0. The molecule has 0 spiro atoms. The molecule has 0 aliphatic rings.